The number of carbonyl (C=O) groups excluding carboxylic acids is 1. The summed E-state index contributed by atoms with van der Waals surface area (Å²) in [6.07, 6.45) is 0. The van der Waals surface area contributed by atoms with Crippen LogP contribution >= 0.6 is 23.4 Å². The number of amidine groups is 1. The van der Waals surface area contributed by atoms with Crippen molar-refractivity contribution in [2.24, 2.45) is 4.99 Å². The number of benzene rings is 1. The van der Waals surface area contributed by atoms with Crippen LogP contribution in [0, 0.1) is 0 Å². The number of aliphatic imine (C=N–C) groups is 1. The van der Waals surface area contributed by atoms with Crippen molar-refractivity contribution in [3.63, 3.8) is 0 Å². The van der Waals surface area contributed by atoms with Gasteiger partial charge in [-0.1, -0.05) is 23.4 Å². The zero-order valence-corrected chi connectivity index (χ0v) is 14.9. The monoisotopic (exact) mass is 374 g/mol. The summed E-state index contributed by atoms with van der Waals surface area (Å²) in [6.45, 7) is 1.37. The van der Waals surface area contributed by atoms with E-state index in [9.17, 15) is 13.2 Å². The van der Waals surface area contributed by atoms with E-state index < -0.39 is 9.84 Å². The molecular weight excluding hydrogens is 360 g/mol. The first kappa shape index (κ1) is 16.6. The normalized spacial score (nSPS) is 27.3. The third kappa shape index (κ3) is 3.20. The van der Waals surface area contributed by atoms with E-state index in [1.54, 1.807) is 23.1 Å². The molecule has 2 atom stereocenters. The second-order valence-electron chi connectivity index (χ2n) is 5.40. The predicted octanol–water partition coefficient (Wildman–Crippen LogP) is 1.97. The summed E-state index contributed by atoms with van der Waals surface area (Å²) >= 11 is 7.51. The van der Waals surface area contributed by atoms with Gasteiger partial charge in [-0.15, -0.1) is 0 Å². The second kappa shape index (κ2) is 5.99. The highest BCUT2D eigenvalue weighted by Gasteiger charge is 2.49. The van der Waals surface area contributed by atoms with Crippen molar-refractivity contribution < 1.29 is 17.9 Å². The van der Waals surface area contributed by atoms with Crippen molar-refractivity contribution in [3.8, 4) is 5.75 Å². The van der Waals surface area contributed by atoms with Crippen LogP contribution in [0.2, 0.25) is 5.02 Å². The Balaban J connectivity index is 2.04. The van der Waals surface area contributed by atoms with Gasteiger partial charge in [0.2, 0.25) is 5.91 Å². The Morgan fingerprint density at radius 3 is 2.78 bits per heavy atom. The molecule has 0 radical (unpaired) electrons. The van der Waals surface area contributed by atoms with Crippen LogP contribution < -0.4 is 9.64 Å². The van der Waals surface area contributed by atoms with E-state index >= 15 is 0 Å². The van der Waals surface area contributed by atoms with Gasteiger partial charge in [0.05, 0.1) is 29.7 Å². The molecule has 1 amide bonds. The Hall–Kier alpha value is -1.25. The lowest BCUT2D eigenvalue weighted by Gasteiger charge is -2.24. The molecule has 2 saturated heterocycles. The number of anilines is 1. The zero-order valence-electron chi connectivity index (χ0n) is 12.5. The van der Waals surface area contributed by atoms with Crippen molar-refractivity contribution in [2.75, 3.05) is 23.5 Å². The number of rotatable bonds is 2. The van der Waals surface area contributed by atoms with Crippen LogP contribution in [0.1, 0.15) is 6.92 Å². The zero-order chi connectivity index (χ0) is 16.8. The maximum absolute atomic E-state index is 11.9. The highest BCUT2D eigenvalue weighted by atomic mass is 35.5. The molecule has 0 bridgehead atoms. The fourth-order valence-electron chi connectivity index (χ4n) is 2.81. The molecule has 0 N–H and O–H groups in total. The molecule has 2 aliphatic rings. The molecule has 2 aliphatic heterocycles. The number of amides is 1. The van der Waals surface area contributed by atoms with Gasteiger partial charge in [0.15, 0.2) is 15.0 Å². The van der Waals surface area contributed by atoms with Crippen LogP contribution in [0.15, 0.2) is 23.2 Å². The number of hydrogen-bond donors (Lipinski definition) is 0. The van der Waals surface area contributed by atoms with E-state index in [1.807, 2.05) is 0 Å². The Morgan fingerprint density at radius 1 is 1.43 bits per heavy atom. The van der Waals surface area contributed by atoms with Gasteiger partial charge in [0.1, 0.15) is 5.75 Å². The van der Waals surface area contributed by atoms with Gasteiger partial charge in [-0.2, -0.15) is 4.99 Å². The minimum atomic E-state index is -3.08. The highest BCUT2D eigenvalue weighted by molar-refractivity contribution is 8.16. The molecule has 1 aromatic rings. The third-order valence-corrected chi connectivity index (χ3v) is 7.24. The van der Waals surface area contributed by atoms with Crippen LogP contribution in [0.3, 0.4) is 0 Å². The minimum absolute atomic E-state index is 0.0469. The molecule has 9 heteroatoms. The van der Waals surface area contributed by atoms with Gasteiger partial charge in [-0.05, 0) is 18.2 Å². The Labute approximate surface area is 143 Å². The summed E-state index contributed by atoms with van der Waals surface area (Å²) in [6, 6.07) is 4.95. The van der Waals surface area contributed by atoms with Gasteiger partial charge < -0.3 is 9.64 Å². The average molecular weight is 375 g/mol. The maximum atomic E-state index is 11.9. The molecule has 1 aromatic carbocycles. The molecule has 0 aliphatic carbocycles. The average Bonchev–Trinajstić information content (AvgIpc) is 2.88. The van der Waals surface area contributed by atoms with Gasteiger partial charge in [-0.25, -0.2) is 8.42 Å². The molecule has 0 spiro atoms. The summed E-state index contributed by atoms with van der Waals surface area (Å²) in [7, 11) is -1.56. The molecule has 0 aromatic heterocycles. The molecule has 0 saturated carbocycles. The maximum Gasteiger partial charge on any atom is 0.244 e. The Morgan fingerprint density at radius 2 is 2.17 bits per heavy atom. The number of fused-ring (bicyclic) bond motifs is 1. The van der Waals surface area contributed by atoms with E-state index in [2.05, 4.69) is 4.99 Å². The van der Waals surface area contributed by atoms with Crippen molar-refractivity contribution in [2.45, 2.75) is 18.2 Å². The van der Waals surface area contributed by atoms with E-state index in [-0.39, 0.29) is 28.7 Å². The molecule has 3 rings (SSSR count). The topological polar surface area (TPSA) is 76.0 Å². The van der Waals surface area contributed by atoms with Crippen molar-refractivity contribution >= 4 is 50.0 Å². The van der Waals surface area contributed by atoms with Gasteiger partial charge in [0, 0.05) is 17.9 Å². The standard InChI is InChI=1S/C14H15ClN2O4S2/c1-8(18)16-14-17(9-3-4-12(21-2)10(15)5-9)11-6-23(19,20)7-13(11)22-14/h3-5,11,13H,6-7H2,1-2H3/t11-,13-/m1/s1. The van der Waals surface area contributed by atoms with E-state index in [4.69, 9.17) is 16.3 Å². The lowest BCUT2D eigenvalue weighted by atomic mass is 10.2. The number of sulfone groups is 1. The fraction of sp³-hybridized carbons (Fsp3) is 0.429. The number of halogens is 1. The van der Waals surface area contributed by atoms with Crippen LogP contribution in [0.4, 0.5) is 5.69 Å². The predicted molar refractivity (Wildman–Crippen MR) is 92.4 cm³/mol. The van der Waals surface area contributed by atoms with Crippen LogP contribution in [-0.4, -0.2) is 49.4 Å². The summed E-state index contributed by atoms with van der Waals surface area (Å²) in [4.78, 5) is 17.2. The lowest BCUT2D eigenvalue weighted by Crippen LogP contribution is -2.37. The molecule has 2 heterocycles. The Bertz CT molecular complexity index is 794. The van der Waals surface area contributed by atoms with E-state index in [0.29, 0.717) is 21.6 Å². The first-order valence-corrected chi connectivity index (χ1v) is 9.98. The summed E-state index contributed by atoms with van der Waals surface area (Å²) in [5, 5.41) is 0.809. The third-order valence-electron chi connectivity index (χ3n) is 3.73. The van der Waals surface area contributed by atoms with Crippen molar-refractivity contribution in [1.29, 1.82) is 0 Å². The van der Waals surface area contributed by atoms with Crippen LogP contribution in [0.25, 0.3) is 0 Å². The number of thioether (sulfide) groups is 1. The quantitative estimate of drug-likeness (QED) is 0.787. The number of ether oxygens (including phenoxy) is 1. The fourth-order valence-corrected chi connectivity index (χ4v) is 7.02. The number of methoxy groups -OCH3 is 1. The minimum Gasteiger partial charge on any atom is -0.495 e. The van der Waals surface area contributed by atoms with E-state index in [0.717, 1.165) is 0 Å². The smallest absolute Gasteiger partial charge is 0.244 e. The second-order valence-corrected chi connectivity index (χ2v) is 9.17. The molecule has 124 valence electrons. The first-order valence-electron chi connectivity index (χ1n) is 6.90. The van der Waals surface area contributed by atoms with Crippen LogP contribution in [-0.2, 0) is 14.6 Å². The molecular formula is C14H15ClN2O4S2. The van der Waals surface area contributed by atoms with Gasteiger partial charge >= 0.3 is 0 Å². The molecule has 0 unspecified atom stereocenters. The molecule has 2 fully saturated rings. The molecule has 6 nitrogen and oxygen atoms in total. The molecule has 23 heavy (non-hydrogen) atoms. The highest BCUT2D eigenvalue weighted by Crippen LogP contribution is 2.42. The summed E-state index contributed by atoms with van der Waals surface area (Å²) < 4.78 is 29.0. The number of hydrogen-bond acceptors (Lipinski definition) is 5. The summed E-state index contributed by atoms with van der Waals surface area (Å²) in [5.41, 5.74) is 0.702. The largest absolute Gasteiger partial charge is 0.495 e. The van der Waals surface area contributed by atoms with E-state index in [1.165, 1.54) is 25.8 Å². The van der Waals surface area contributed by atoms with Crippen molar-refractivity contribution in [1.82, 2.24) is 0 Å². The Kier molecular flexibility index (Phi) is 4.33. The lowest BCUT2D eigenvalue weighted by molar-refractivity contribution is -0.115. The van der Waals surface area contributed by atoms with Gasteiger partial charge in [0.25, 0.3) is 0 Å². The van der Waals surface area contributed by atoms with Crippen molar-refractivity contribution in [3.05, 3.63) is 23.2 Å². The number of nitrogens with zero attached hydrogens (tertiary/aromatic N) is 2. The van der Waals surface area contributed by atoms with Gasteiger partial charge in [-0.3, -0.25) is 4.79 Å². The first-order chi connectivity index (χ1) is 10.8. The summed E-state index contributed by atoms with van der Waals surface area (Å²) in [5.74, 6) is 0.355. The number of carbonyl (C=O) groups is 1. The SMILES string of the molecule is COc1ccc(N2C(=NC(C)=O)S[C@@H]3CS(=O)(=O)C[C@H]32)cc1Cl. The van der Waals surface area contributed by atoms with Crippen LogP contribution in [0.5, 0.6) is 5.75 Å².